The van der Waals surface area contributed by atoms with E-state index in [0.717, 1.165) is 52.2 Å². The molecule has 25 heavy (non-hydrogen) atoms. The highest BCUT2D eigenvalue weighted by Crippen LogP contribution is 2.24. The van der Waals surface area contributed by atoms with Gasteiger partial charge in [-0.05, 0) is 51.7 Å². The fourth-order valence-corrected chi connectivity index (χ4v) is 3.81. The van der Waals surface area contributed by atoms with Crippen LogP contribution in [-0.4, -0.2) is 87.6 Å². The number of carbonyl (C=O) groups excluding carboxylic acids is 1. The molecule has 0 bridgehead atoms. The molecule has 0 unspecified atom stereocenters. The van der Waals surface area contributed by atoms with E-state index in [1.807, 2.05) is 4.90 Å². The monoisotopic (exact) mass is 348 g/mol. The zero-order chi connectivity index (χ0) is 18.0. The molecule has 6 heteroatoms. The van der Waals surface area contributed by atoms with Gasteiger partial charge in [-0.3, -0.25) is 4.79 Å². The predicted octanol–water partition coefficient (Wildman–Crippen LogP) is 1.60. The first-order valence-corrected chi connectivity index (χ1v) is 9.11. The number of amides is 1. The molecule has 1 aromatic carbocycles. The molecule has 2 saturated heterocycles. The maximum absolute atomic E-state index is 14.6. The highest BCUT2D eigenvalue weighted by Gasteiger charge is 2.28. The summed E-state index contributed by atoms with van der Waals surface area (Å²) in [5.74, 6) is 0.165. The number of piperazine rings is 1. The maximum atomic E-state index is 14.6. The van der Waals surface area contributed by atoms with Crippen LogP contribution in [0.4, 0.5) is 10.1 Å². The Balaban J connectivity index is 1.65. The molecule has 1 amide bonds. The number of hydrogen-bond donors (Lipinski definition) is 0. The van der Waals surface area contributed by atoms with Crippen molar-refractivity contribution in [3.05, 3.63) is 29.6 Å². The van der Waals surface area contributed by atoms with Crippen LogP contribution in [0.5, 0.6) is 0 Å². The second-order valence-electron chi connectivity index (χ2n) is 7.62. The number of hydrogen-bond acceptors (Lipinski definition) is 4. The lowest BCUT2D eigenvalue weighted by Gasteiger charge is -2.34. The lowest BCUT2D eigenvalue weighted by Crippen LogP contribution is -2.44. The summed E-state index contributed by atoms with van der Waals surface area (Å²) in [6, 6.07) is 4.95. The van der Waals surface area contributed by atoms with Crippen molar-refractivity contribution in [2.24, 2.45) is 5.92 Å². The third-order valence-electron chi connectivity index (χ3n) is 5.24. The molecule has 0 spiro atoms. The van der Waals surface area contributed by atoms with E-state index >= 15 is 0 Å². The normalized spacial score (nSPS) is 22.0. The van der Waals surface area contributed by atoms with Crippen LogP contribution in [-0.2, 0) is 0 Å². The van der Waals surface area contributed by atoms with Crippen LogP contribution in [0.3, 0.4) is 0 Å². The van der Waals surface area contributed by atoms with Gasteiger partial charge in [-0.15, -0.1) is 0 Å². The molecule has 5 nitrogen and oxygen atoms in total. The van der Waals surface area contributed by atoms with Crippen molar-refractivity contribution < 1.29 is 9.18 Å². The molecule has 0 aliphatic carbocycles. The predicted molar refractivity (Wildman–Crippen MR) is 98.7 cm³/mol. The van der Waals surface area contributed by atoms with Crippen LogP contribution in [0, 0.1) is 11.7 Å². The Morgan fingerprint density at radius 2 is 1.92 bits per heavy atom. The van der Waals surface area contributed by atoms with Crippen LogP contribution in [0.25, 0.3) is 0 Å². The van der Waals surface area contributed by atoms with E-state index in [9.17, 15) is 9.18 Å². The van der Waals surface area contributed by atoms with E-state index < -0.39 is 0 Å². The van der Waals surface area contributed by atoms with Gasteiger partial charge in [0.2, 0.25) is 0 Å². The Labute approximate surface area is 150 Å². The third-order valence-corrected chi connectivity index (χ3v) is 5.24. The average Bonchev–Trinajstić information content (AvgIpc) is 3.03. The van der Waals surface area contributed by atoms with E-state index in [4.69, 9.17) is 0 Å². The fraction of sp³-hybridized carbons (Fsp3) is 0.632. The number of likely N-dealkylation sites (N-methyl/N-ethyl adjacent to an activating group) is 1. The minimum atomic E-state index is -0.292. The molecule has 2 fully saturated rings. The molecule has 2 aliphatic heterocycles. The second kappa shape index (κ2) is 7.70. The largest absolute Gasteiger partial charge is 0.367 e. The van der Waals surface area contributed by atoms with Gasteiger partial charge < -0.3 is 19.6 Å². The third kappa shape index (κ3) is 4.30. The second-order valence-corrected chi connectivity index (χ2v) is 7.62. The van der Waals surface area contributed by atoms with Crippen molar-refractivity contribution in [2.75, 3.05) is 71.9 Å². The van der Waals surface area contributed by atoms with Gasteiger partial charge in [-0.1, -0.05) is 0 Å². The summed E-state index contributed by atoms with van der Waals surface area (Å²) in [6.07, 6.45) is 1.02. The van der Waals surface area contributed by atoms with Crippen molar-refractivity contribution in [1.82, 2.24) is 14.7 Å². The summed E-state index contributed by atoms with van der Waals surface area (Å²) >= 11 is 0. The summed E-state index contributed by atoms with van der Waals surface area (Å²) in [7, 11) is 6.18. The number of halogens is 1. The quantitative estimate of drug-likeness (QED) is 0.827. The minimum absolute atomic E-state index is 0.0508. The first kappa shape index (κ1) is 18.1. The van der Waals surface area contributed by atoms with Gasteiger partial charge in [-0.25, -0.2) is 4.39 Å². The molecule has 3 rings (SSSR count). The standard InChI is InChI=1S/C19H29FN4O/c1-21(2)13-15-6-7-24(14-15)19(25)16-4-5-18(17(20)12-16)23-10-8-22(3)9-11-23/h4-5,12,15H,6-11,13-14H2,1-3H3/t15-/m1/s1. The van der Waals surface area contributed by atoms with Crippen molar-refractivity contribution in [3.63, 3.8) is 0 Å². The highest BCUT2D eigenvalue weighted by molar-refractivity contribution is 5.94. The zero-order valence-electron chi connectivity index (χ0n) is 15.5. The highest BCUT2D eigenvalue weighted by atomic mass is 19.1. The average molecular weight is 348 g/mol. The summed E-state index contributed by atoms with van der Waals surface area (Å²) < 4.78 is 14.6. The van der Waals surface area contributed by atoms with Gasteiger partial charge in [-0.2, -0.15) is 0 Å². The van der Waals surface area contributed by atoms with Crippen molar-refractivity contribution in [2.45, 2.75) is 6.42 Å². The van der Waals surface area contributed by atoms with Crippen molar-refractivity contribution in [1.29, 1.82) is 0 Å². The van der Waals surface area contributed by atoms with E-state index in [0.29, 0.717) is 17.2 Å². The van der Waals surface area contributed by atoms with E-state index in [-0.39, 0.29) is 11.7 Å². The number of anilines is 1. The van der Waals surface area contributed by atoms with Crippen LogP contribution in [0.2, 0.25) is 0 Å². The molecule has 0 saturated carbocycles. The molecule has 138 valence electrons. The lowest BCUT2D eigenvalue weighted by molar-refractivity contribution is 0.0784. The van der Waals surface area contributed by atoms with E-state index in [2.05, 4.69) is 35.8 Å². The van der Waals surface area contributed by atoms with Gasteiger partial charge in [0.05, 0.1) is 5.69 Å². The molecule has 2 heterocycles. The Bertz CT molecular complexity index is 613. The molecule has 1 atom stereocenters. The van der Waals surface area contributed by atoms with Crippen LogP contribution in [0.15, 0.2) is 18.2 Å². The lowest BCUT2D eigenvalue weighted by atomic mass is 10.1. The Morgan fingerprint density at radius 1 is 1.20 bits per heavy atom. The van der Waals surface area contributed by atoms with Gasteiger partial charge >= 0.3 is 0 Å². The van der Waals surface area contributed by atoms with Crippen LogP contribution >= 0.6 is 0 Å². The summed E-state index contributed by atoms with van der Waals surface area (Å²) in [5.41, 5.74) is 1.07. The molecule has 0 N–H and O–H groups in total. The zero-order valence-corrected chi connectivity index (χ0v) is 15.5. The molecule has 2 aliphatic rings. The maximum Gasteiger partial charge on any atom is 0.253 e. The van der Waals surface area contributed by atoms with Crippen LogP contribution < -0.4 is 4.90 Å². The number of benzene rings is 1. The van der Waals surface area contributed by atoms with E-state index in [1.54, 1.807) is 12.1 Å². The molecule has 1 aromatic rings. The fourth-order valence-electron chi connectivity index (χ4n) is 3.81. The Hall–Kier alpha value is -1.66. The SMILES string of the molecule is CN(C)C[C@H]1CCN(C(=O)c2ccc(N3CCN(C)CC3)c(F)c2)C1. The van der Waals surface area contributed by atoms with Gasteiger partial charge in [0, 0.05) is 51.4 Å². The molecular formula is C19H29FN4O. The number of likely N-dealkylation sites (tertiary alicyclic amines) is 1. The van der Waals surface area contributed by atoms with Gasteiger partial charge in [0.25, 0.3) is 5.91 Å². The van der Waals surface area contributed by atoms with Gasteiger partial charge in [0.15, 0.2) is 0 Å². The Kier molecular flexibility index (Phi) is 5.59. The molecule has 0 aromatic heterocycles. The first-order chi connectivity index (χ1) is 11.9. The number of carbonyl (C=O) groups is 1. The van der Waals surface area contributed by atoms with Gasteiger partial charge in [0.1, 0.15) is 5.82 Å². The Morgan fingerprint density at radius 3 is 2.56 bits per heavy atom. The summed E-state index contributed by atoms with van der Waals surface area (Å²) in [6.45, 7) is 6.01. The first-order valence-electron chi connectivity index (χ1n) is 9.11. The summed E-state index contributed by atoms with van der Waals surface area (Å²) in [4.78, 5) is 21.0. The van der Waals surface area contributed by atoms with Crippen LogP contribution in [0.1, 0.15) is 16.8 Å². The smallest absolute Gasteiger partial charge is 0.253 e. The van der Waals surface area contributed by atoms with Crippen molar-refractivity contribution in [3.8, 4) is 0 Å². The summed E-state index contributed by atoms with van der Waals surface area (Å²) in [5, 5.41) is 0. The van der Waals surface area contributed by atoms with E-state index in [1.165, 1.54) is 6.07 Å². The molecular weight excluding hydrogens is 319 g/mol. The number of nitrogens with zero attached hydrogens (tertiary/aromatic N) is 4. The minimum Gasteiger partial charge on any atom is -0.367 e. The number of rotatable bonds is 4. The van der Waals surface area contributed by atoms with Crippen molar-refractivity contribution >= 4 is 11.6 Å². The molecule has 0 radical (unpaired) electrons. The topological polar surface area (TPSA) is 30.0 Å².